The highest BCUT2D eigenvalue weighted by Crippen LogP contribution is 2.25. The second kappa shape index (κ2) is 5.64. The molecule has 0 aliphatic heterocycles. The fourth-order valence-corrected chi connectivity index (χ4v) is 1.48. The summed E-state index contributed by atoms with van der Waals surface area (Å²) >= 11 is 0. The number of ether oxygens (including phenoxy) is 1. The zero-order valence-electron chi connectivity index (χ0n) is 11.0. The van der Waals surface area contributed by atoms with E-state index in [1.54, 1.807) is 6.92 Å². The van der Waals surface area contributed by atoms with Gasteiger partial charge in [-0.1, -0.05) is 0 Å². The third-order valence-electron chi connectivity index (χ3n) is 3.11. The quantitative estimate of drug-likeness (QED) is 0.659. The van der Waals surface area contributed by atoms with Gasteiger partial charge in [-0.25, -0.2) is 9.18 Å². The van der Waals surface area contributed by atoms with Gasteiger partial charge in [0.05, 0.1) is 6.61 Å². The minimum absolute atomic E-state index is 0.000369. The zero-order valence-corrected chi connectivity index (χ0v) is 11.0. The Hall–Kier alpha value is -1.51. The zero-order chi connectivity index (χ0) is 14.8. The van der Waals surface area contributed by atoms with Crippen molar-refractivity contribution in [3.63, 3.8) is 0 Å². The minimum atomic E-state index is -2.11. The number of rotatable bonds is 5. The molecule has 1 rings (SSSR count). The van der Waals surface area contributed by atoms with Crippen LogP contribution < -0.4 is 11.4 Å². The summed E-state index contributed by atoms with van der Waals surface area (Å²) in [7, 11) is 1.22. The average Bonchev–Trinajstić information content (AvgIpc) is 2.40. The molecule has 8 heteroatoms. The van der Waals surface area contributed by atoms with E-state index in [1.807, 2.05) is 0 Å². The Morgan fingerprint density at radius 3 is 2.74 bits per heavy atom. The van der Waals surface area contributed by atoms with E-state index in [-0.39, 0.29) is 5.82 Å². The lowest BCUT2D eigenvalue weighted by Crippen LogP contribution is -2.49. The van der Waals surface area contributed by atoms with Crippen molar-refractivity contribution in [1.82, 2.24) is 9.55 Å². The van der Waals surface area contributed by atoms with E-state index in [0.29, 0.717) is 10.1 Å². The van der Waals surface area contributed by atoms with Crippen molar-refractivity contribution in [2.24, 2.45) is 0 Å². The van der Waals surface area contributed by atoms with Crippen LogP contribution in [0.15, 0.2) is 11.0 Å². The number of aliphatic hydroxyl groups is 2. The summed E-state index contributed by atoms with van der Waals surface area (Å²) in [5.74, 6) is -0.000369. The summed E-state index contributed by atoms with van der Waals surface area (Å²) < 4.78 is 19.7. The number of aliphatic hydroxyl groups excluding tert-OH is 2. The highest BCUT2D eigenvalue weighted by molar-refractivity contribution is 5.35. The van der Waals surface area contributed by atoms with Crippen molar-refractivity contribution < 1.29 is 19.3 Å². The molecule has 1 aromatic heterocycles. The fraction of sp³-hybridized carbons (Fsp3) is 0.636. The minimum Gasteiger partial charge on any atom is -0.393 e. The Bertz CT molecular complexity index is 501. The number of aryl methyl sites for hydroxylation is 1. The van der Waals surface area contributed by atoms with Gasteiger partial charge < -0.3 is 20.7 Å². The molecule has 0 fully saturated rings. The molecular weight excluding hydrogens is 257 g/mol. The number of anilines is 1. The fourth-order valence-electron chi connectivity index (χ4n) is 1.48. The molecule has 0 radical (unpaired) electrons. The molecule has 0 unspecified atom stereocenters. The van der Waals surface area contributed by atoms with E-state index in [9.17, 15) is 14.3 Å². The van der Waals surface area contributed by atoms with Crippen LogP contribution in [0.25, 0.3) is 0 Å². The molecule has 0 spiro atoms. The van der Waals surface area contributed by atoms with Crippen LogP contribution in [-0.2, 0) is 4.74 Å². The highest BCUT2D eigenvalue weighted by atomic mass is 19.1. The van der Waals surface area contributed by atoms with Gasteiger partial charge in [0, 0.05) is 18.9 Å². The van der Waals surface area contributed by atoms with E-state index in [2.05, 4.69) is 4.98 Å². The van der Waals surface area contributed by atoms with Gasteiger partial charge in [0.15, 0.2) is 0 Å². The summed E-state index contributed by atoms with van der Waals surface area (Å²) in [6.07, 6.45) is -2.70. The lowest BCUT2D eigenvalue weighted by molar-refractivity contribution is -0.153. The molecule has 0 aromatic carbocycles. The Morgan fingerprint density at radius 2 is 2.26 bits per heavy atom. The molecule has 4 N–H and O–H groups in total. The van der Waals surface area contributed by atoms with E-state index in [1.165, 1.54) is 14.0 Å². The van der Waals surface area contributed by atoms with Crippen molar-refractivity contribution in [2.75, 3.05) is 19.5 Å². The molecule has 19 heavy (non-hydrogen) atoms. The molecule has 1 heterocycles. The Kier molecular flexibility index (Phi) is 4.61. The number of methoxy groups -OCH3 is 1. The summed E-state index contributed by atoms with van der Waals surface area (Å²) in [6, 6.07) is 0. The highest BCUT2D eigenvalue weighted by Gasteiger charge is 2.39. The SMILES string of the molecule is CO[C@](C)(CO)[C@@H](O)[C@@H](F)n1cc(C)c(N)nc1=O. The predicted octanol–water partition coefficient (Wildman–Crippen LogP) is -0.640. The lowest BCUT2D eigenvalue weighted by atomic mass is 9.99. The van der Waals surface area contributed by atoms with E-state index >= 15 is 0 Å². The monoisotopic (exact) mass is 275 g/mol. The van der Waals surface area contributed by atoms with Crippen molar-refractivity contribution in [1.29, 1.82) is 0 Å². The van der Waals surface area contributed by atoms with Crippen LogP contribution in [0.1, 0.15) is 18.8 Å². The van der Waals surface area contributed by atoms with Crippen LogP contribution in [0, 0.1) is 6.92 Å². The van der Waals surface area contributed by atoms with Gasteiger partial charge in [-0.3, -0.25) is 4.57 Å². The number of nitrogens with zero attached hydrogens (tertiary/aromatic N) is 2. The molecule has 7 nitrogen and oxygen atoms in total. The first-order chi connectivity index (χ1) is 8.76. The van der Waals surface area contributed by atoms with E-state index in [4.69, 9.17) is 15.6 Å². The molecule has 0 saturated carbocycles. The lowest BCUT2D eigenvalue weighted by Gasteiger charge is -2.33. The first-order valence-corrected chi connectivity index (χ1v) is 5.60. The topological polar surface area (TPSA) is 111 Å². The summed E-state index contributed by atoms with van der Waals surface area (Å²) in [4.78, 5) is 15.0. The third kappa shape index (κ3) is 2.91. The van der Waals surface area contributed by atoms with E-state index < -0.39 is 30.3 Å². The van der Waals surface area contributed by atoms with Gasteiger partial charge in [-0.2, -0.15) is 4.98 Å². The number of nitrogen functional groups attached to an aromatic ring is 1. The molecule has 0 aliphatic carbocycles. The third-order valence-corrected chi connectivity index (χ3v) is 3.11. The van der Waals surface area contributed by atoms with Gasteiger partial charge in [0.2, 0.25) is 6.30 Å². The van der Waals surface area contributed by atoms with Gasteiger partial charge in [0.1, 0.15) is 17.5 Å². The molecule has 0 saturated heterocycles. The smallest absolute Gasteiger partial charge is 0.351 e. The number of aromatic nitrogens is 2. The maximum Gasteiger partial charge on any atom is 0.351 e. The summed E-state index contributed by atoms with van der Waals surface area (Å²) in [5.41, 5.74) is 3.37. The normalized spacial score (nSPS) is 17.8. The van der Waals surface area contributed by atoms with Crippen molar-refractivity contribution in [3.05, 3.63) is 22.2 Å². The van der Waals surface area contributed by atoms with Crippen molar-refractivity contribution >= 4 is 5.82 Å². The van der Waals surface area contributed by atoms with Crippen molar-refractivity contribution in [2.45, 2.75) is 31.8 Å². The van der Waals surface area contributed by atoms with Crippen LogP contribution in [0.4, 0.5) is 10.2 Å². The average molecular weight is 275 g/mol. The maximum absolute atomic E-state index is 14.2. The molecule has 3 atom stereocenters. The Labute approximate surface area is 109 Å². The molecule has 1 aromatic rings. The molecule has 0 aliphatic rings. The number of hydrogen-bond donors (Lipinski definition) is 3. The predicted molar refractivity (Wildman–Crippen MR) is 66.3 cm³/mol. The Morgan fingerprint density at radius 1 is 1.68 bits per heavy atom. The number of nitrogens with two attached hydrogens (primary N) is 1. The van der Waals surface area contributed by atoms with E-state index in [0.717, 1.165) is 6.20 Å². The number of hydrogen-bond acceptors (Lipinski definition) is 6. The van der Waals surface area contributed by atoms with Gasteiger partial charge in [0.25, 0.3) is 0 Å². The van der Waals surface area contributed by atoms with Crippen molar-refractivity contribution in [3.8, 4) is 0 Å². The summed E-state index contributed by atoms with van der Waals surface area (Å²) in [5, 5.41) is 19.0. The Balaban J connectivity index is 3.17. The maximum atomic E-state index is 14.2. The van der Waals surface area contributed by atoms with Crippen LogP contribution in [0.2, 0.25) is 0 Å². The number of alkyl halides is 1. The largest absolute Gasteiger partial charge is 0.393 e. The number of halogens is 1. The first kappa shape index (κ1) is 15.5. The molecule has 0 bridgehead atoms. The van der Waals surface area contributed by atoms with Crippen LogP contribution >= 0.6 is 0 Å². The second-order valence-electron chi connectivity index (χ2n) is 4.49. The van der Waals surface area contributed by atoms with Crippen LogP contribution in [0.5, 0.6) is 0 Å². The van der Waals surface area contributed by atoms with Gasteiger partial charge >= 0.3 is 5.69 Å². The standard InChI is InChI=1S/C11H18FN3O4/c1-6-4-15(10(18)14-9(6)13)8(12)7(17)11(2,5-16)19-3/h4,7-8,16-17H,5H2,1-3H3,(H2,13,14,18)/t7-,8-,11+/m0/s1. The molecule has 0 amide bonds. The first-order valence-electron chi connectivity index (χ1n) is 5.60. The van der Waals surface area contributed by atoms with Gasteiger partial charge in [-0.05, 0) is 13.8 Å². The van der Waals surface area contributed by atoms with Crippen LogP contribution in [-0.4, -0.2) is 45.2 Å². The summed E-state index contributed by atoms with van der Waals surface area (Å²) in [6.45, 7) is 2.27. The second-order valence-corrected chi connectivity index (χ2v) is 4.49. The molecule has 108 valence electrons. The molecular formula is C11H18FN3O4. The van der Waals surface area contributed by atoms with Crippen LogP contribution in [0.3, 0.4) is 0 Å². The van der Waals surface area contributed by atoms with Gasteiger partial charge in [-0.15, -0.1) is 0 Å².